The van der Waals surface area contributed by atoms with Crippen LogP contribution in [0.1, 0.15) is 75.8 Å². The lowest BCUT2D eigenvalue weighted by Crippen LogP contribution is -2.65. The lowest BCUT2D eigenvalue weighted by molar-refractivity contribution is -0.133. The van der Waals surface area contributed by atoms with Gasteiger partial charge in [0.05, 0.1) is 67.0 Å². The molecule has 2 N–H and O–H groups in total. The van der Waals surface area contributed by atoms with Crippen LogP contribution in [0.3, 0.4) is 0 Å². The van der Waals surface area contributed by atoms with Crippen LogP contribution in [0, 0.1) is 23.1 Å². The Balaban J connectivity index is 0.713. The molecule has 6 fully saturated rings. The molecule has 5 aromatic rings. The van der Waals surface area contributed by atoms with E-state index in [2.05, 4.69) is 52.3 Å². The average molecular weight is 932 g/mol. The number of hydrogen-bond acceptors (Lipinski definition) is 13. The molecule has 2 amide bonds. The van der Waals surface area contributed by atoms with E-state index in [0.29, 0.717) is 72.4 Å². The second-order valence-electron chi connectivity index (χ2n) is 19.6. The van der Waals surface area contributed by atoms with Gasteiger partial charge in [-0.2, -0.15) is 15.5 Å². The smallest absolute Gasteiger partial charge is 0.249 e. The molecule has 4 saturated heterocycles. The molecule has 11 rings (SSSR count). The number of carbonyl (C=O) groups excluding carboxylic acids is 2. The molecule has 8 heterocycles. The number of anilines is 3. The van der Waals surface area contributed by atoms with Gasteiger partial charge in [0.2, 0.25) is 17.7 Å². The number of rotatable bonds is 10. The van der Waals surface area contributed by atoms with Crippen molar-refractivity contribution in [1.29, 1.82) is 5.26 Å². The van der Waals surface area contributed by atoms with Crippen LogP contribution in [0.5, 0.6) is 0 Å². The monoisotopic (exact) mass is 931 g/mol. The molecule has 19 heteroatoms. The molecule has 2 aliphatic carbocycles. The van der Waals surface area contributed by atoms with E-state index in [0.717, 1.165) is 88.4 Å². The van der Waals surface area contributed by atoms with Gasteiger partial charge < -0.3 is 19.9 Å². The quantitative estimate of drug-likeness (QED) is 0.159. The molecule has 0 radical (unpaired) electrons. The molecule has 1 aromatic carbocycles. The van der Waals surface area contributed by atoms with Crippen molar-refractivity contribution in [2.45, 2.75) is 100 Å². The van der Waals surface area contributed by atoms with E-state index in [1.807, 2.05) is 30.7 Å². The second kappa shape index (κ2) is 18.4. The number of ether oxygens (including phenoxy) is 1. The number of hydrogen-bond donors (Lipinski definition) is 2. The minimum atomic E-state index is -2.53. The molecule has 2 saturated carbocycles. The molecule has 6 aliphatic rings. The highest BCUT2D eigenvalue weighted by atomic mass is 19.3. The Kier molecular flexibility index (Phi) is 12.0. The number of carbonyl (C=O) groups is 2. The number of piperidine rings is 1. The zero-order chi connectivity index (χ0) is 46.5. The Morgan fingerprint density at radius 3 is 2.31 bits per heavy atom. The third-order valence-corrected chi connectivity index (χ3v) is 15.3. The van der Waals surface area contributed by atoms with E-state index in [4.69, 9.17) is 19.8 Å². The number of nitrogens with one attached hydrogen (secondary N) is 2. The zero-order valence-corrected chi connectivity index (χ0v) is 38.0. The molecule has 1 unspecified atom stereocenters. The lowest BCUT2D eigenvalue weighted by Gasteiger charge is -2.51. The van der Waals surface area contributed by atoms with E-state index in [-0.39, 0.29) is 60.9 Å². The SMILES string of the molecule is N#Cc1cnn2cc(-c3cnn(C4CCC(N5CCN(c6ccc(NC7CCC(=O)NC7=O)cc6F)CC5)CC4)c3)nc(-c3ccc(N4C[C@H]5COC[C@@H](C4)N5CC4CCC(F)(F)CC4)nc3)c12. The maximum Gasteiger partial charge on any atom is 0.249 e. The number of nitrogens with zero attached hydrogens (tertiary/aromatic N) is 11. The van der Waals surface area contributed by atoms with E-state index in [9.17, 15) is 23.6 Å². The Bertz CT molecular complexity index is 2680. The Hall–Kier alpha value is -6.10. The average Bonchev–Trinajstić information content (AvgIpc) is 4.01. The normalized spacial score (nSPS) is 26.2. The Labute approximate surface area is 392 Å². The van der Waals surface area contributed by atoms with Crippen molar-refractivity contribution < 1.29 is 27.5 Å². The third-order valence-electron chi connectivity index (χ3n) is 15.3. The summed E-state index contributed by atoms with van der Waals surface area (Å²) in [6, 6.07) is 11.7. The van der Waals surface area contributed by atoms with Crippen LogP contribution >= 0.6 is 0 Å². The minimum absolute atomic E-state index is 0.0195. The van der Waals surface area contributed by atoms with E-state index >= 15 is 4.39 Å². The number of piperazine rings is 2. The van der Waals surface area contributed by atoms with Gasteiger partial charge in [0, 0.05) is 100 Å². The van der Waals surface area contributed by atoms with E-state index in [1.54, 1.807) is 22.8 Å². The van der Waals surface area contributed by atoms with Crippen LogP contribution in [0.4, 0.5) is 30.4 Å². The van der Waals surface area contributed by atoms with Crippen LogP contribution in [0.15, 0.2) is 61.3 Å². The van der Waals surface area contributed by atoms with Gasteiger partial charge in [0.1, 0.15) is 34.8 Å². The summed E-state index contributed by atoms with van der Waals surface area (Å²) < 4.78 is 52.9. The standard InChI is InChI=1S/C49H56F3N13O3/c50-40-19-35(57-41-7-10-45(66)59-48(41)67)2-8-43(40)61-17-15-60(16-18-61)36-3-5-37(6-4-36)64-25-34(23-55-64)42-28-65-47(33(20-53)22-56-65)46(58-42)32-1-9-44(54-21-32)62-26-38-29-68-30-39(27-62)63(38)24-31-11-13-49(51,52)14-12-31/h1-2,8-9,19,21-23,25,28,31,36-39,41,57H,3-7,10-18,24,26-27,29-30H2,(H,59,66,67)/t36?,37?,38-,39+,41?. The highest BCUT2D eigenvalue weighted by Crippen LogP contribution is 2.39. The maximum atomic E-state index is 15.4. The lowest BCUT2D eigenvalue weighted by atomic mass is 9.85. The fraction of sp³-hybridized carbons (Fsp3) is 0.531. The van der Waals surface area contributed by atoms with Gasteiger partial charge in [-0.25, -0.2) is 27.7 Å². The number of amides is 2. The molecule has 4 aromatic heterocycles. The number of alkyl halides is 2. The van der Waals surface area contributed by atoms with Crippen molar-refractivity contribution in [2.75, 3.05) is 74.1 Å². The number of fused-ring (bicyclic) bond motifs is 3. The molecule has 4 aliphatic heterocycles. The first kappa shape index (κ1) is 44.4. The zero-order valence-electron chi connectivity index (χ0n) is 38.0. The van der Waals surface area contributed by atoms with Gasteiger partial charge in [-0.3, -0.25) is 29.4 Å². The molecule has 0 spiro atoms. The molecular formula is C49H56F3N13O3. The molecule has 3 atom stereocenters. The first-order valence-electron chi connectivity index (χ1n) is 24.2. The second-order valence-corrected chi connectivity index (χ2v) is 19.6. The summed E-state index contributed by atoms with van der Waals surface area (Å²) in [7, 11) is 0. The molecule has 356 valence electrons. The van der Waals surface area contributed by atoms with Crippen LogP contribution in [0.25, 0.3) is 28.0 Å². The van der Waals surface area contributed by atoms with Crippen LogP contribution in [-0.4, -0.2) is 140 Å². The van der Waals surface area contributed by atoms with Gasteiger partial charge in [-0.1, -0.05) is 0 Å². The van der Waals surface area contributed by atoms with Gasteiger partial charge in [-0.15, -0.1) is 0 Å². The molecular weight excluding hydrogens is 876 g/mol. The summed E-state index contributed by atoms with van der Waals surface area (Å²) in [5, 5.41) is 24.8. The molecule has 68 heavy (non-hydrogen) atoms. The Morgan fingerprint density at radius 2 is 1.60 bits per heavy atom. The van der Waals surface area contributed by atoms with Crippen molar-refractivity contribution in [1.82, 2.24) is 44.5 Å². The summed E-state index contributed by atoms with van der Waals surface area (Å²) in [6.45, 7) is 6.65. The van der Waals surface area contributed by atoms with Crippen LogP contribution in [-0.2, 0) is 14.3 Å². The summed E-state index contributed by atoms with van der Waals surface area (Å²) in [5.41, 5.74) is 5.01. The van der Waals surface area contributed by atoms with Crippen molar-refractivity contribution in [3.63, 3.8) is 0 Å². The van der Waals surface area contributed by atoms with Crippen molar-refractivity contribution in [3.05, 3.63) is 72.7 Å². The fourth-order valence-electron chi connectivity index (χ4n) is 11.5. The number of pyridine rings is 1. The van der Waals surface area contributed by atoms with Gasteiger partial charge >= 0.3 is 0 Å². The molecule has 16 nitrogen and oxygen atoms in total. The Morgan fingerprint density at radius 1 is 0.838 bits per heavy atom. The van der Waals surface area contributed by atoms with Gasteiger partial charge in [-0.05, 0) is 81.2 Å². The predicted octanol–water partition coefficient (Wildman–Crippen LogP) is 5.90. The van der Waals surface area contributed by atoms with Gasteiger partial charge in [0.25, 0.3) is 0 Å². The highest BCUT2D eigenvalue weighted by molar-refractivity contribution is 6.01. The largest absolute Gasteiger partial charge is 0.378 e. The number of aromatic nitrogens is 6. The number of benzene rings is 1. The fourth-order valence-corrected chi connectivity index (χ4v) is 11.5. The first-order chi connectivity index (χ1) is 33.0. The topological polar surface area (TPSA) is 165 Å². The number of imide groups is 1. The number of nitriles is 1. The summed E-state index contributed by atoms with van der Waals surface area (Å²) >= 11 is 0. The van der Waals surface area contributed by atoms with Crippen LogP contribution < -0.4 is 20.4 Å². The maximum absolute atomic E-state index is 15.4. The first-order valence-corrected chi connectivity index (χ1v) is 24.2. The summed E-state index contributed by atoms with van der Waals surface area (Å²) in [4.78, 5) is 43.2. The van der Waals surface area contributed by atoms with Gasteiger partial charge in [0.15, 0.2) is 0 Å². The van der Waals surface area contributed by atoms with E-state index in [1.165, 1.54) is 6.07 Å². The summed E-state index contributed by atoms with van der Waals surface area (Å²) in [6.07, 6.45) is 14.9. The molecule has 2 bridgehead atoms. The number of morpholine rings is 1. The highest BCUT2D eigenvalue weighted by Gasteiger charge is 2.42. The third kappa shape index (κ3) is 9.01. The van der Waals surface area contributed by atoms with E-state index < -0.39 is 12.0 Å². The number of halogens is 3. The van der Waals surface area contributed by atoms with Crippen molar-refractivity contribution in [2.24, 2.45) is 5.92 Å². The van der Waals surface area contributed by atoms with Crippen LogP contribution in [0.2, 0.25) is 0 Å². The van der Waals surface area contributed by atoms with Crippen molar-refractivity contribution >= 4 is 34.5 Å². The minimum Gasteiger partial charge on any atom is -0.378 e. The summed E-state index contributed by atoms with van der Waals surface area (Å²) in [5.74, 6) is -2.40. The predicted molar refractivity (Wildman–Crippen MR) is 248 cm³/mol. The van der Waals surface area contributed by atoms with Crippen molar-refractivity contribution in [3.8, 4) is 28.6 Å².